The van der Waals surface area contributed by atoms with Crippen LogP contribution in [-0.4, -0.2) is 16.0 Å². The van der Waals surface area contributed by atoms with E-state index in [0.29, 0.717) is 16.4 Å². The molecule has 8 heteroatoms. The van der Waals surface area contributed by atoms with E-state index in [9.17, 15) is 4.79 Å². The summed E-state index contributed by atoms with van der Waals surface area (Å²) in [5.74, 6) is 0. The van der Waals surface area contributed by atoms with Gasteiger partial charge >= 0.3 is 6.03 Å². The second-order valence-corrected chi connectivity index (χ2v) is 7.36. The van der Waals surface area contributed by atoms with E-state index in [1.54, 1.807) is 36.7 Å². The van der Waals surface area contributed by atoms with Gasteiger partial charge < -0.3 is 16.0 Å². The maximum absolute atomic E-state index is 12.2. The number of rotatable bonds is 5. The number of urea groups is 1. The van der Waals surface area contributed by atoms with Crippen molar-refractivity contribution in [1.82, 2.24) is 9.97 Å². The molecule has 2 aromatic heterocycles. The van der Waals surface area contributed by atoms with Crippen LogP contribution in [0.25, 0.3) is 11.3 Å². The van der Waals surface area contributed by atoms with Crippen LogP contribution in [0.4, 0.5) is 27.0 Å². The Bertz CT molecular complexity index is 1120. The Morgan fingerprint density at radius 3 is 2.41 bits per heavy atom. The second kappa shape index (κ2) is 8.72. The van der Waals surface area contributed by atoms with Crippen LogP contribution in [0.1, 0.15) is 0 Å². The van der Waals surface area contributed by atoms with E-state index in [4.69, 9.17) is 11.6 Å². The molecule has 0 unspecified atom stereocenters. The summed E-state index contributed by atoms with van der Waals surface area (Å²) in [6, 6.07) is 17.8. The van der Waals surface area contributed by atoms with Gasteiger partial charge in [0, 0.05) is 45.4 Å². The lowest BCUT2D eigenvalue weighted by molar-refractivity contribution is 0.262. The third-order valence-electron chi connectivity index (χ3n) is 3.95. The minimum atomic E-state index is -0.335. The van der Waals surface area contributed by atoms with E-state index in [-0.39, 0.29) is 6.03 Å². The lowest BCUT2D eigenvalue weighted by Gasteiger charge is -2.09. The standard InChI is InChI=1S/C21H16ClN5OS/c22-15-4-6-16(7-5-15)24-20(28)25-17-2-1-3-18(12-17)26-21-27-19(13-29-21)14-8-10-23-11-9-14/h1-13H,(H,26,27)(H2,24,25,28). The zero-order chi connectivity index (χ0) is 20.1. The molecule has 6 nitrogen and oxygen atoms in total. The van der Waals surface area contributed by atoms with Crippen molar-refractivity contribution in [2.75, 3.05) is 16.0 Å². The van der Waals surface area contributed by atoms with Gasteiger partial charge in [-0.15, -0.1) is 11.3 Å². The smallest absolute Gasteiger partial charge is 0.323 e. The number of carbonyl (C=O) groups is 1. The van der Waals surface area contributed by atoms with Crippen molar-refractivity contribution in [3.63, 3.8) is 0 Å². The van der Waals surface area contributed by atoms with E-state index in [1.165, 1.54) is 11.3 Å². The summed E-state index contributed by atoms with van der Waals surface area (Å²) >= 11 is 7.36. The lowest BCUT2D eigenvalue weighted by atomic mass is 10.2. The Balaban J connectivity index is 1.40. The Hall–Kier alpha value is -3.42. The van der Waals surface area contributed by atoms with Crippen LogP contribution in [0.5, 0.6) is 0 Å². The first-order valence-corrected chi connectivity index (χ1v) is 9.98. The van der Waals surface area contributed by atoms with Gasteiger partial charge in [-0.05, 0) is 54.6 Å². The first-order valence-electron chi connectivity index (χ1n) is 8.72. The van der Waals surface area contributed by atoms with Gasteiger partial charge in [0.25, 0.3) is 0 Å². The summed E-state index contributed by atoms with van der Waals surface area (Å²) in [4.78, 5) is 20.8. The summed E-state index contributed by atoms with van der Waals surface area (Å²) < 4.78 is 0. The SMILES string of the molecule is O=C(Nc1ccc(Cl)cc1)Nc1cccc(Nc2nc(-c3ccncc3)cs2)c1. The van der Waals surface area contributed by atoms with Gasteiger partial charge in [0.2, 0.25) is 0 Å². The number of pyridine rings is 1. The number of anilines is 4. The van der Waals surface area contributed by atoms with Gasteiger partial charge in [-0.1, -0.05) is 17.7 Å². The van der Waals surface area contributed by atoms with Crippen LogP contribution in [0.15, 0.2) is 78.4 Å². The summed E-state index contributed by atoms with van der Waals surface area (Å²) in [7, 11) is 0. The van der Waals surface area contributed by atoms with Crippen molar-refractivity contribution in [3.8, 4) is 11.3 Å². The van der Waals surface area contributed by atoms with E-state index >= 15 is 0 Å². The summed E-state index contributed by atoms with van der Waals surface area (Å²) in [5, 5.41) is 12.2. The molecule has 0 atom stereocenters. The Morgan fingerprint density at radius 1 is 0.897 bits per heavy atom. The third kappa shape index (κ3) is 5.10. The predicted molar refractivity (Wildman–Crippen MR) is 119 cm³/mol. The molecule has 2 heterocycles. The molecular formula is C21H16ClN5OS. The normalized spacial score (nSPS) is 10.4. The molecule has 0 bridgehead atoms. The molecule has 4 aromatic rings. The zero-order valence-corrected chi connectivity index (χ0v) is 16.7. The van der Waals surface area contributed by atoms with Crippen molar-refractivity contribution in [1.29, 1.82) is 0 Å². The lowest BCUT2D eigenvalue weighted by Crippen LogP contribution is -2.19. The highest BCUT2D eigenvalue weighted by Gasteiger charge is 2.07. The molecule has 144 valence electrons. The Labute approximate surface area is 176 Å². The molecule has 0 saturated carbocycles. The molecule has 0 radical (unpaired) electrons. The molecule has 2 amide bonds. The molecule has 0 saturated heterocycles. The van der Waals surface area contributed by atoms with Crippen LogP contribution >= 0.6 is 22.9 Å². The van der Waals surface area contributed by atoms with Gasteiger partial charge in [0.1, 0.15) is 0 Å². The average molecular weight is 422 g/mol. The number of nitrogens with zero attached hydrogens (tertiary/aromatic N) is 2. The molecule has 4 rings (SSSR count). The number of hydrogen-bond donors (Lipinski definition) is 3. The molecule has 3 N–H and O–H groups in total. The maximum Gasteiger partial charge on any atom is 0.323 e. The number of amides is 2. The van der Waals surface area contributed by atoms with Gasteiger partial charge in [-0.25, -0.2) is 9.78 Å². The largest absolute Gasteiger partial charge is 0.331 e. The first-order chi connectivity index (χ1) is 14.2. The second-order valence-electron chi connectivity index (χ2n) is 6.07. The predicted octanol–water partition coefficient (Wildman–Crippen LogP) is 6.25. The quantitative estimate of drug-likeness (QED) is 0.356. The van der Waals surface area contributed by atoms with Crippen LogP contribution < -0.4 is 16.0 Å². The van der Waals surface area contributed by atoms with E-state index < -0.39 is 0 Å². The molecule has 0 aliphatic carbocycles. The van der Waals surface area contributed by atoms with Crippen molar-refractivity contribution in [2.24, 2.45) is 0 Å². The van der Waals surface area contributed by atoms with Gasteiger partial charge in [0.05, 0.1) is 5.69 Å². The first kappa shape index (κ1) is 18.9. The minimum Gasteiger partial charge on any atom is -0.331 e. The summed E-state index contributed by atoms with van der Waals surface area (Å²) in [5.41, 5.74) is 4.04. The minimum absolute atomic E-state index is 0.335. The van der Waals surface area contributed by atoms with Crippen molar-refractivity contribution >= 4 is 51.2 Å². The molecule has 0 fully saturated rings. The maximum atomic E-state index is 12.2. The van der Waals surface area contributed by atoms with Crippen LogP contribution in [0.2, 0.25) is 5.02 Å². The Kier molecular flexibility index (Phi) is 5.69. The number of nitrogens with one attached hydrogen (secondary N) is 3. The highest BCUT2D eigenvalue weighted by molar-refractivity contribution is 7.14. The number of benzene rings is 2. The summed E-state index contributed by atoms with van der Waals surface area (Å²) in [6.45, 7) is 0. The van der Waals surface area contributed by atoms with Gasteiger partial charge in [-0.2, -0.15) is 0 Å². The fraction of sp³-hybridized carbons (Fsp3) is 0. The van der Waals surface area contributed by atoms with E-state index in [1.807, 2.05) is 41.8 Å². The van der Waals surface area contributed by atoms with Crippen molar-refractivity contribution < 1.29 is 4.79 Å². The van der Waals surface area contributed by atoms with Crippen LogP contribution in [0.3, 0.4) is 0 Å². The highest BCUT2D eigenvalue weighted by Crippen LogP contribution is 2.27. The number of halogens is 1. The number of carbonyl (C=O) groups excluding carboxylic acids is 1. The molecular weight excluding hydrogens is 406 g/mol. The molecule has 29 heavy (non-hydrogen) atoms. The number of aromatic nitrogens is 2. The van der Waals surface area contributed by atoms with Crippen LogP contribution in [-0.2, 0) is 0 Å². The topological polar surface area (TPSA) is 78.9 Å². The Morgan fingerprint density at radius 2 is 1.62 bits per heavy atom. The molecule has 0 aliphatic rings. The average Bonchev–Trinajstić information content (AvgIpc) is 3.19. The fourth-order valence-corrected chi connectivity index (χ4v) is 3.48. The molecule has 0 aliphatic heterocycles. The van der Waals surface area contributed by atoms with Crippen molar-refractivity contribution in [2.45, 2.75) is 0 Å². The van der Waals surface area contributed by atoms with Gasteiger partial charge in [-0.3, -0.25) is 4.98 Å². The van der Waals surface area contributed by atoms with Gasteiger partial charge in [0.15, 0.2) is 5.13 Å². The van der Waals surface area contributed by atoms with E-state index in [2.05, 4.69) is 25.9 Å². The zero-order valence-electron chi connectivity index (χ0n) is 15.1. The van der Waals surface area contributed by atoms with Crippen molar-refractivity contribution in [3.05, 3.63) is 83.5 Å². The monoisotopic (exact) mass is 421 g/mol. The number of hydrogen-bond acceptors (Lipinski definition) is 5. The van der Waals surface area contributed by atoms with E-state index in [0.717, 1.165) is 22.1 Å². The highest BCUT2D eigenvalue weighted by atomic mass is 35.5. The fourth-order valence-electron chi connectivity index (χ4n) is 2.61. The molecule has 0 spiro atoms. The number of thiazole rings is 1. The third-order valence-corrected chi connectivity index (χ3v) is 4.96. The molecule has 2 aromatic carbocycles. The summed E-state index contributed by atoms with van der Waals surface area (Å²) in [6.07, 6.45) is 3.48. The van der Waals surface area contributed by atoms with Crippen LogP contribution in [0, 0.1) is 0 Å².